The maximum absolute atomic E-state index is 12.0. The molecule has 45 heavy (non-hydrogen) atoms. The molecule has 0 aliphatic heterocycles. The Morgan fingerprint density at radius 2 is 1.31 bits per heavy atom. The summed E-state index contributed by atoms with van der Waals surface area (Å²) in [6.45, 7) is 0.130. The molecule has 0 aliphatic rings. The molecule has 0 N–H and O–H groups in total. The van der Waals surface area contributed by atoms with Gasteiger partial charge in [0.05, 0.1) is 42.6 Å². The average molecular weight is 694 g/mol. The minimum Gasteiger partial charge on any atom is -0.461 e. The van der Waals surface area contributed by atoms with Crippen LogP contribution in [0.25, 0.3) is 0 Å². The number of nitrogens with zero attached hydrogens (tertiary/aromatic N) is 4. The van der Waals surface area contributed by atoms with Crippen molar-refractivity contribution in [1.29, 1.82) is 0 Å². The Morgan fingerprint density at radius 1 is 0.778 bits per heavy atom. The number of nitro groups is 2. The smallest absolute Gasteiger partial charge is 0.338 e. The first-order chi connectivity index (χ1) is 21.5. The third-order valence-electron chi connectivity index (χ3n) is 5.29. The predicted molar refractivity (Wildman–Crippen MR) is 167 cm³/mol. The van der Waals surface area contributed by atoms with E-state index in [0.717, 1.165) is 6.20 Å². The van der Waals surface area contributed by atoms with Gasteiger partial charge in [0.15, 0.2) is 0 Å². The lowest BCUT2D eigenvalue weighted by molar-refractivity contribution is -0.385. The van der Waals surface area contributed by atoms with Crippen LogP contribution < -0.4 is 0 Å². The summed E-state index contributed by atoms with van der Waals surface area (Å²) in [6, 6.07) is 18.3. The summed E-state index contributed by atoms with van der Waals surface area (Å²) in [4.78, 5) is 51.1. The first kappa shape index (κ1) is 35.0. The topological polar surface area (TPSA) is 182 Å². The first-order valence-electron chi connectivity index (χ1n) is 12.6. The molecule has 0 fully saturated rings. The van der Waals surface area contributed by atoms with Crippen molar-refractivity contribution in [2.24, 2.45) is 0 Å². The summed E-state index contributed by atoms with van der Waals surface area (Å²) in [5.74, 6) is -0.477. The molecule has 2 aromatic heterocycles. The number of thioether (sulfide) groups is 1. The van der Waals surface area contributed by atoms with Gasteiger partial charge in [-0.1, -0.05) is 35.3 Å². The SMILES string of the molecule is O=C(OCCS(=O)c1ccc([N+](=O)[O-])cn1)c1cccc(Cl)c1.O=C(OCCSc1ccc([N+](=O)[O-])cn1)c1cccc(Cl)c1. The molecule has 0 amide bonds. The van der Waals surface area contributed by atoms with E-state index in [0.29, 0.717) is 32.0 Å². The van der Waals surface area contributed by atoms with Crippen LogP contribution in [0.4, 0.5) is 11.4 Å². The maximum atomic E-state index is 12.0. The number of hydrogen-bond acceptors (Lipinski definition) is 12. The summed E-state index contributed by atoms with van der Waals surface area (Å²) < 4.78 is 22.1. The van der Waals surface area contributed by atoms with Crippen molar-refractivity contribution in [3.63, 3.8) is 0 Å². The lowest BCUT2D eigenvalue weighted by Gasteiger charge is -2.05. The maximum Gasteiger partial charge on any atom is 0.338 e. The normalized spacial score (nSPS) is 11.0. The summed E-state index contributed by atoms with van der Waals surface area (Å²) in [7, 11) is -1.52. The fraction of sp³-hybridized carbons (Fsp3) is 0.143. The molecule has 0 bridgehead atoms. The highest BCUT2D eigenvalue weighted by molar-refractivity contribution is 7.99. The standard InChI is InChI=1S/C14H11ClN2O5S.C14H11ClN2O4S/c15-11-3-1-2-10(8-11)14(18)22-6-7-23(21)13-5-4-12(9-16-13)17(19)20;15-11-3-1-2-10(8-11)14(18)21-6-7-22-13-5-4-12(9-16-13)17(19)20/h1-5,8-9H,6-7H2;1-5,8-9H,6-7H2. The highest BCUT2D eigenvalue weighted by Crippen LogP contribution is 2.19. The lowest BCUT2D eigenvalue weighted by atomic mass is 10.2. The van der Waals surface area contributed by atoms with Gasteiger partial charge in [-0.05, 0) is 48.5 Å². The molecule has 1 atom stereocenters. The Kier molecular flexibility index (Phi) is 13.8. The van der Waals surface area contributed by atoms with Gasteiger partial charge in [-0.2, -0.15) is 0 Å². The number of ether oxygens (including phenoxy) is 2. The first-order valence-corrected chi connectivity index (χ1v) is 15.7. The minimum atomic E-state index is -1.52. The quantitative estimate of drug-likeness (QED) is 0.0539. The minimum absolute atomic E-state index is 0.0388. The van der Waals surface area contributed by atoms with Gasteiger partial charge >= 0.3 is 11.9 Å². The second kappa shape index (κ2) is 17.8. The number of pyridine rings is 2. The molecule has 0 saturated carbocycles. The summed E-state index contributed by atoms with van der Waals surface area (Å²) in [5.41, 5.74) is 0.456. The Morgan fingerprint density at radius 3 is 1.78 bits per heavy atom. The Labute approximate surface area is 272 Å². The number of halogens is 2. The van der Waals surface area contributed by atoms with Crippen molar-refractivity contribution in [2.45, 2.75) is 10.1 Å². The molecule has 0 saturated heterocycles. The van der Waals surface area contributed by atoms with Gasteiger partial charge in [0.25, 0.3) is 11.4 Å². The van der Waals surface area contributed by atoms with Gasteiger partial charge in [0.2, 0.25) is 0 Å². The van der Waals surface area contributed by atoms with E-state index in [-0.39, 0.29) is 35.4 Å². The summed E-state index contributed by atoms with van der Waals surface area (Å²) in [5, 5.41) is 22.7. The molecule has 0 aliphatic carbocycles. The van der Waals surface area contributed by atoms with E-state index >= 15 is 0 Å². The molecule has 17 heteroatoms. The fourth-order valence-corrected chi connectivity index (χ4v) is 5.06. The Balaban J connectivity index is 0.000000246. The van der Waals surface area contributed by atoms with E-state index in [4.69, 9.17) is 32.7 Å². The van der Waals surface area contributed by atoms with Crippen molar-refractivity contribution in [2.75, 3.05) is 24.7 Å². The molecule has 2 heterocycles. The van der Waals surface area contributed by atoms with Gasteiger partial charge < -0.3 is 9.47 Å². The molecule has 234 valence electrons. The molecule has 2 aromatic carbocycles. The van der Waals surface area contributed by atoms with Gasteiger partial charge in [0, 0.05) is 27.9 Å². The number of hydrogen-bond donors (Lipinski definition) is 0. The van der Waals surface area contributed by atoms with Crippen LogP contribution >= 0.6 is 35.0 Å². The van der Waals surface area contributed by atoms with Crippen LogP contribution in [0.3, 0.4) is 0 Å². The zero-order valence-corrected chi connectivity index (χ0v) is 26.1. The van der Waals surface area contributed by atoms with Crippen LogP contribution in [-0.2, 0) is 20.3 Å². The number of rotatable bonds is 12. The predicted octanol–water partition coefficient (Wildman–Crippen LogP) is 6.20. The van der Waals surface area contributed by atoms with Crippen LogP contribution in [0, 0.1) is 20.2 Å². The number of carbonyl (C=O) groups is 2. The lowest BCUT2D eigenvalue weighted by Crippen LogP contribution is -2.12. The van der Waals surface area contributed by atoms with Gasteiger partial charge in [-0.15, -0.1) is 11.8 Å². The number of carbonyl (C=O) groups excluding carboxylic acids is 2. The summed E-state index contributed by atoms with van der Waals surface area (Å²) >= 11 is 12.9. The average Bonchev–Trinajstić information content (AvgIpc) is 3.03. The largest absolute Gasteiger partial charge is 0.461 e. The second-order valence-corrected chi connectivity index (χ2v) is 11.9. The summed E-state index contributed by atoms with van der Waals surface area (Å²) in [6.07, 6.45) is 2.23. The molecule has 13 nitrogen and oxygen atoms in total. The highest BCUT2D eigenvalue weighted by atomic mass is 35.5. The molecular weight excluding hydrogens is 671 g/mol. The van der Waals surface area contributed by atoms with Crippen LogP contribution in [0.1, 0.15) is 20.7 Å². The zero-order chi connectivity index (χ0) is 32.8. The molecule has 1 unspecified atom stereocenters. The van der Waals surface area contributed by atoms with E-state index in [9.17, 15) is 34.0 Å². The van der Waals surface area contributed by atoms with Crippen molar-refractivity contribution in [1.82, 2.24) is 9.97 Å². The zero-order valence-electron chi connectivity index (χ0n) is 22.9. The third-order valence-corrected chi connectivity index (χ3v) is 7.91. The van der Waals surface area contributed by atoms with Crippen molar-refractivity contribution >= 4 is 69.1 Å². The van der Waals surface area contributed by atoms with E-state index in [1.54, 1.807) is 42.5 Å². The number of aromatic nitrogens is 2. The van der Waals surface area contributed by atoms with E-state index < -0.39 is 32.6 Å². The third kappa shape index (κ3) is 11.9. The monoisotopic (exact) mass is 692 g/mol. The van der Waals surface area contributed by atoms with Gasteiger partial charge in [0.1, 0.15) is 30.6 Å². The van der Waals surface area contributed by atoms with E-state index in [1.807, 2.05) is 0 Å². The van der Waals surface area contributed by atoms with Crippen molar-refractivity contribution in [3.05, 3.63) is 127 Å². The van der Waals surface area contributed by atoms with Crippen LogP contribution in [-0.4, -0.2) is 60.7 Å². The van der Waals surface area contributed by atoms with Crippen molar-refractivity contribution < 1.29 is 33.1 Å². The van der Waals surface area contributed by atoms with Gasteiger partial charge in [-0.25, -0.2) is 19.6 Å². The molecule has 4 aromatic rings. The molecule has 0 radical (unpaired) electrons. The molecular formula is C28H22Cl2N4O9S2. The highest BCUT2D eigenvalue weighted by Gasteiger charge is 2.13. The Hall–Kier alpha value is -4.44. The van der Waals surface area contributed by atoms with E-state index in [2.05, 4.69) is 9.97 Å². The molecule has 0 spiro atoms. The number of esters is 2. The van der Waals surface area contributed by atoms with E-state index in [1.165, 1.54) is 48.3 Å². The second-order valence-electron chi connectivity index (χ2n) is 8.41. The number of benzene rings is 2. The van der Waals surface area contributed by atoms with Crippen LogP contribution in [0.5, 0.6) is 0 Å². The van der Waals surface area contributed by atoms with Gasteiger partial charge in [-0.3, -0.25) is 24.4 Å². The van der Waals surface area contributed by atoms with Crippen LogP contribution in [0.2, 0.25) is 10.0 Å². The van der Waals surface area contributed by atoms with Crippen molar-refractivity contribution in [3.8, 4) is 0 Å². The van der Waals surface area contributed by atoms with Crippen LogP contribution in [0.15, 0.2) is 95.2 Å². The Bertz CT molecular complexity index is 1680. The molecule has 4 rings (SSSR count). The fourth-order valence-electron chi connectivity index (χ4n) is 3.17.